The van der Waals surface area contributed by atoms with Crippen molar-refractivity contribution in [2.75, 3.05) is 11.4 Å². The smallest absolute Gasteiger partial charge is 0.230 e. The van der Waals surface area contributed by atoms with E-state index in [-0.39, 0.29) is 12.3 Å². The number of hydrogen-bond donors (Lipinski definition) is 2. The number of anilines is 1. The highest BCUT2D eigenvalue weighted by molar-refractivity contribution is 5.95. The van der Waals surface area contributed by atoms with Crippen molar-refractivity contribution in [2.24, 2.45) is 0 Å². The summed E-state index contributed by atoms with van der Waals surface area (Å²) in [6.07, 6.45) is -0.417. The molecule has 3 rings (SSSR count). The van der Waals surface area contributed by atoms with Crippen molar-refractivity contribution in [3.8, 4) is 11.3 Å². The van der Waals surface area contributed by atoms with Crippen molar-refractivity contribution in [1.82, 2.24) is 10.2 Å². The van der Waals surface area contributed by atoms with Crippen LogP contribution in [0.4, 0.5) is 5.82 Å². The van der Waals surface area contributed by atoms with E-state index in [1.54, 1.807) is 0 Å². The second kappa shape index (κ2) is 4.51. The van der Waals surface area contributed by atoms with Gasteiger partial charge in [0.25, 0.3) is 0 Å². The third-order valence-corrected chi connectivity index (χ3v) is 3.31. The molecule has 5 nitrogen and oxygen atoms in total. The molecule has 19 heavy (non-hydrogen) atoms. The molecule has 2 N–H and O–H groups in total. The van der Waals surface area contributed by atoms with Crippen LogP contribution < -0.4 is 4.90 Å². The minimum Gasteiger partial charge on any atom is -0.391 e. The van der Waals surface area contributed by atoms with Crippen molar-refractivity contribution < 1.29 is 9.90 Å². The van der Waals surface area contributed by atoms with Crippen LogP contribution in [0.1, 0.15) is 12.0 Å². The number of benzene rings is 1. The van der Waals surface area contributed by atoms with Crippen molar-refractivity contribution in [3.05, 3.63) is 35.9 Å². The van der Waals surface area contributed by atoms with Gasteiger partial charge in [0.15, 0.2) is 5.82 Å². The lowest BCUT2D eigenvalue weighted by Crippen LogP contribution is -2.25. The van der Waals surface area contributed by atoms with Crippen LogP contribution in [0, 0.1) is 6.92 Å². The zero-order chi connectivity index (χ0) is 13.4. The molecule has 5 heteroatoms. The fourth-order valence-electron chi connectivity index (χ4n) is 2.24. The lowest BCUT2D eigenvalue weighted by atomic mass is 10.1. The first kappa shape index (κ1) is 11.9. The molecule has 0 spiro atoms. The molecule has 1 aliphatic heterocycles. The molecule has 1 aromatic heterocycles. The van der Waals surface area contributed by atoms with Crippen molar-refractivity contribution >= 4 is 11.7 Å². The van der Waals surface area contributed by atoms with E-state index in [0.29, 0.717) is 12.4 Å². The molecule has 1 unspecified atom stereocenters. The van der Waals surface area contributed by atoms with Gasteiger partial charge in [-0.15, -0.1) is 0 Å². The third-order valence-electron chi connectivity index (χ3n) is 3.31. The molecule has 1 aliphatic rings. The Morgan fingerprint density at radius 2 is 2.11 bits per heavy atom. The predicted octanol–water partition coefficient (Wildman–Crippen LogP) is 1.48. The molecular formula is C14H15N3O2. The average Bonchev–Trinajstić information content (AvgIpc) is 2.97. The van der Waals surface area contributed by atoms with Gasteiger partial charge in [0, 0.05) is 6.07 Å². The number of aryl methyl sites for hydroxylation is 1. The van der Waals surface area contributed by atoms with Crippen LogP contribution in [0.15, 0.2) is 30.3 Å². The summed E-state index contributed by atoms with van der Waals surface area (Å²) in [5.74, 6) is 0.478. The SMILES string of the molecule is Cc1ccc(-c2cc(N3CC(O)CC3=O)n[nH]2)cc1. The highest BCUT2D eigenvalue weighted by atomic mass is 16.3. The Kier molecular flexibility index (Phi) is 2.83. The Labute approximate surface area is 110 Å². The molecule has 1 fully saturated rings. The van der Waals surface area contributed by atoms with Crippen LogP contribution in [0.3, 0.4) is 0 Å². The van der Waals surface area contributed by atoms with Gasteiger partial charge in [-0.25, -0.2) is 0 Å². The summed E-state index contributed by atoms with van der Waals surface area (Å²) in [7, 11) is 0. The minimum atomic E-state index is -0.591. The lowest BCUT2D eigenvalue weighted by molar-refractivity contribution is -0.117. The quantitative estimate of drug-likeness (QED) is 0.856. The number of rotatable bonds is 2. The summed E-state index contributed by atoms with van der Waals surface area (Å²) in [4.78, 5) is 13.2. The number of H-pyrrole nitrogens is 1. The molecule has 0 radical (unpaired) electrons. The highest BCUT2D eigenvalue weighted by Gasteiger charge is 2.30. The van der Waals surface area contributed by atoms with Gasteiger partial charge < -0.3 is 5.11 Å². The number of carbonyl (C=O) groups is 1. The number of nitrogens with one attached hydrogen (secondary N) is 1. The zero-order valence-electron chi connectivity index (χ0n) is 10.6. The number of aliphatic hydroxyl groups is 1. The van der Waals surface area contributed by atoms with E-state index in [4.69, 9.17) is 0 Å². The molecule has 1 aromatic carbocycles. The fourth-order valence-corrected chi connectivity index (χ4v) is 2.24. The number of β-amino-alcohol motifs (C(OH)–C–C–N with tert-alkyl or cyclic N) is 1. The number of carbonyl (C=O) groups excluding carboxylic acids is 1. The summed E-state index contributed by atoms with van der Waals surface area (Å²) >= 11 is 0. The first-order valence-corrected chi connectivity index (χ1v) is 6.24. The van der Waals surface area contributed by atoms with Crippen LogP contribution in [0.25, 0.3) is 11.3 Å². The maximum atomic E-state index is 11.7. The Morgan fingerprint density at radius 3 is 2.74 bits per heavy atom. The maximum absolute atomic E-state index is 11.7. The molecule has 2 heterocycles. The van der Waals surface area contributed by atoms with Gasteiger partial charge in [-0.05, 0) is 12.5 Å². The van der Waals surface area contributed by atoms with E-state index in [1.165, 1.54) is 10.5 Å². The van der Waals surface area contributed by atoms with Crippen molar-refractivity contribution in [3.63, 3.8) is 0 Å². The Bertz CT molecular complexity index is 603. The number of aromatic amines is 1. The molecule has 1 amide bonds. The van der Waals surface area contributed by atoms with E-state index in [0.717, 1.165) is 11.3 Å². The van der Waals surface area contributed by atoms with Gasteiger partial charge >= 0.3 is 0 Å². The van der Waals surface area contributed by atoms with E-state index >= 15 is 0 Å². The number of hydrogen-bond acceptors (Lipinski definition) is 3. The van der Waals surface area contributed by atoms with E-state index in [1.807, 2.05) is 37.3 Å². The lowest BCUT2D eigenvalue weighted by Gasteiger charge is -2.10. The van der Waals surface area contributed by atoms with Gasteiger partial charge in [0.2, 0.25) is 5.91 Å². The summed E-state index contributed by atoms with van der Waals surface area (Å²) in [5.41, 5.74) is 3.09. The predicted molar refractivity (Wildman–Crippen MR) is 71.7 cm³/mol. The number of amides is 1. The zero-order valence-corrected chi connectivity index (χ0v) is 10.6. The second-order valence-corrected chi connectivity index (χ2v) is 4.87. The van der Waals surface area contributed by atoms with Gasteiger partial charge in [0.1, 0.15) is 0 Å². The standard InChI is InChI=1S/C14H15N3O2/c1-9-2-4-10(5-3-9)12-7-13(16-15-12)17-8-11(18)6-14(17)19/h2-5,7,11,18H,6,8H2,1H3,(H,15,16). The molecule has 1 atom stereocenters. The summed E-state index contributed by atoms with van der Waals surface area (Å²) in [5, 5.41) is 16.6. The number of nitrogens with zero attached hydrogens (tertiary/aromatic N) is 2. The molecule has 0 saturated carbocycles. The van der Waals surface area contributed by atoms with Crippen LogP contribution in [0.2, 0.25) is 0 Å². The first-order chi connectivity index (χ1) is 9.13. The summed E-state index contributed by atoms with van der Waals surface area (Å²) in [6, 6.07) is 9.91. The topological polar surface area (TPSA) is 69.2 Å². The molecule has 1 saturated heterocycles. The van der Waals surface area contributed by atoms with Crippen molar-refractivity contribution in [2.45, 2.75) is 19.4 Å². The highest BCUT2D eigenvalue weighted by Crippen LogP contribution is 2.25. The van der Waals surface area contributed by atoms with E-state index in [2.05, 4.69) is 10.2 Å². The second-order valence-electron chi connectivity index (χ2n) is 4.87. The maximum Gasteiger partial charge on any atom is 0.230 e. The Balaban J connectivity index is 1.87. The molecule has 0 bridgehead atoms. The van der Waals surface area contributed by atoms with Crippen LogP contribution in [-0.2, 0) is 4.79 Å². The molecular weight excluding hydrogens is 242 g/mol. The van der Waals surface area contributed by atoms with Gasteiger partial charge in [-0.1, -0.05) is 29.8 Å². The van der Waals surface area contributed by atoms with Gasteiger partial charge in [0.05, 0.1) is 24.8 Å². The first-order valence-electron chi connectivity index (χ1n) is 6.24. The van der Waals surface area contributed by atoms with Crippen LogP contribution in [-0.4, -0.2) is 33.9 Å². The Hall–Kier alpha value is -2.14. The van der Waals surface area contributed by atoms with Crippen molar-refractivity contribution in [1.29, 1.82) is 0 Å². The third kappa shape index (κ3) is 2.24. The summed E-state index contributed by atoms with van der Waals surface area (Å²) in [6.45, 7) is 2.35. The van der Waals surface area contributed by atoms with Crippen LogP contribution in [0.5, 0.6) is 0 Å². The molecule has 2 aromatic rings. The number of aromatic nitrogens is 2. The van der Waals surface area contributed by atoms with Gasteiger partial charge in [-0.2, -0.15) is 5.10 Å². The van der Waals surface area contributed by atoms with E-state index < -0.39 is 6.10 Å². The van der Waals surface area contributed by atoms with E-state index in [9.17, 15) is 9.90 Å². The Morgan fingerprint density at radius 1 is 1.37 bits per heavy atom. The largest absolute Gasteiger partial charge is 0.391 e. The normalized spacial score (nSPS) is 19.2. The monoisotopic (exact) mass is 257 g/mol. The summed E-state index contributed by atoms with van der Waals surface area (Å²) < 4.78 is 0. The molecule has 98 valence electrons. The van der Waals surface area contributed by atoms with Crippen LogP contribution >= 0.6 is 0 Å². The molecule has 0 aliphatic carbocycles. The van der Waals surface area contributed by atoms with Gasteiger partial charge in [-0.3, -0.25) is 14.8 Å². The average molecular weight is 257 g/mol. The minimum absolute atomic E-state index is 0.0885. The number of aliphatic hydroxyl groups excluding tert-OH is 1. The fraction of sp³-hybridized carbons (Fsp3) is 0.286.